The van der Waals surface area contributed by atoms with Crippen LogP contribution in [0.15, 0.2) is 24.3 Å². The molecular weight excluding hydrogens is 312 g/mol. The fraction of sp³-hybridized carbons (Fsp3) is 0.556. The summed E-state index contributed by atoms with van der Waals surface area (Å²) < 4.78 is 0. The first kappa shape index (κ1) is 17.8. The van der Waals surface area contributed by atoms with Gasteiger partial charge in [0.05, 0.1) is 11.8 Å². The molecule has 1 saturated carbocycles. The zero-order valence-electron chi connectivity index (χ0n) is 13.8. The van der Waals surface area contributed by atoms with E-state index >= 15 is 0 Å². The van der Waals surface area contributed by atoms with Crippen molar-refractivity contribution in [2.75, 3.05) is 20.1 Å². The lowest BCUT2D eigenvalue weighted by molar-refractivity contribution is -0.133. The largest absolute Gasteiger partial charge is 0.356 e. The molecule has 23 heavy (non-hydrogen) atoms. The van der Waals surface area contributed by atoms with Crippen LogP contribution in [0.4, 0.5) is 0 Å². The Hall–Kier alpha value is -1.55. The van der Waals surface area contributed by atoms with Gasteiger partial charge in [0.25, 0.3) is 0 Å². The van der Waals surface area contributed by atoms with E-state index in [1.54, 1.807) is 4.90 Å². The van der Waals surface area contributed by atoms with Gasteiger partial charge in [-0.05, 0) is 37.0 Å². The minimum atomic E-state index is -0.147. The number of nitrogens with zero attached hydrogens (tertiary/aromatic N) is 1. The van der Waals surface area contributed by atoms with E-state index in [9.17, 15) is 9.59 Å². The van der Waals surface area contributed by atoms with Gasteiger partial charge in [-0.1, -0.05) is 37.1 Å². The first-order valence-electron chi connectivity index (χ1n) is 8.30. The van der Waals surface area contributed by atoms with Gasteiger partial charge in [0.1, 0.15) is 0 Å². The molecular formula is C18H25ClN2O2. The summed E-state index contributed by atoms with van der Waals surface area (Å²) >= 11 is 5.94. The smallest absolute Gasteiger partial charge is 0.226 e. The number of benzene rings is 1. The predicted molar refractivity (Wildman–Crippen MR) is 92.3 cm³/mol. The summed E-state index contributed by atoms with van der Waals surface area (Å²) in [5, 5.41) is 3.63. The van der Waals surface area contributed by atoms with Crippen molar-refractivity contribution in [1.82, 2.24) is 10.2 Å². The van der Waals surface area contributed by atoms with Crippen molar-refractivity contribution in [2.45, 2.75) is 32.6 Å². The monoisotopic (exact) mass is 336 g/mol. The molecule has 1 N–H and O–H groups in total. The molecule has 4 nitrogen and oxygen atoms in total. The number of hydrogen-bond donors (Lipinski definition) is 1. The van der Waals surface area contributed by atoms with Crippen LogP contribution in [-0.4, -0.2) is 36.9 Å². The van der Waals surface area contributed by atoms with Gasteiger partial charge in [-0.2, -0.15) is 0 Å². The third-order valence-electron chi connectivity index (χ3n) is 4.27. The maximum Gasteiger partial charge on any atom is 0.226 e. The van der Waals surface area contributed by atoms with Crippen LogP contribution in [0.2, 0.25) is 5.02 Å². The van der Waals surface area contributed by atoms with E-state index in [0.717, 1.165) is 31.4 Å². The van der Waals surface area contributed by atoms with Crippen LogP contribution in [0.5, 0.6) is 0 Å². The molecule has 2 unspecified atom stereocenters. The van der Waals surface area contributed by atoms with Crippen molar-refractivity contribution in [2.24, 2.45) is 11.8 Å². The molecule has 126 valence electrons. The standard InChI is InChI=1S/C18H25ClN2O2/c1-3-4-10-21(2)18(23)16-12-15(16)17(22)20-9-8-13-6-5-7-14(19)11-13/h5-7,11,15-16H,3-4,8-10,12H2,1-2H3,(H,20,22). The fourth-order valence-electron chi connectivity index (χ4n) is 2.70. The summed E-state index contributed by atoms with van der Waals surface area (Å²) in [5.41, 5.74) is 1.10. The van der Waals surface area contributed by atoms with E-state index in [0.29, 0.717) is 18.0 Å². The molecule has 2 atom stereocenters. The van der Waals surface area contributed by atoms with Crippen LogP contribution in [0.1, 0.15) is 31.7 Å². The zero-order chi connectivity index (χ0) is 16.8. The summed E-state index contributed by atoms with van der Waals surface area (Å²) in [4.78, 5) is 26.1. The highest BCUT2D eigenvalue weighted by molar-refractivity contribution is 6.30. The molecule has 0 aliphatic heterocycles. The van der Waals surface area contributed by atoms with Gasteiger partial charge >= 0.3 is 0 Å². The normalized spacial score (nSPS) is 19.3. The number of unbranched alkanes of at least 4 members (excludes halogenated alkanes) is 1. The summed E-state index contributed by atoms with van der Waals surface area (Å²) in [6, 6.07) is 7.63. The number of halogens is 1. The topological polar surface area (TPSA) is 49.4 Å². The Labute approximate surface area is 143 Å². The van der Waals surface area contributed by atoms with Crippen LogP contribution < -0.4 is 5.32 Å². The molecule has 2 rings (SSSR count). The van der Waals surface area contributed by atoms with E-state index in [-0.39, 0.29) is 23.7 Å². The third kappa shape index (κ3) is 5.24. The van der Waals surface area contributed by atoms with E-state index in [4.69, 9.17) is 11.6 Å². The minimum absolute atomic E-state index is 0.00531. The van der Waals surface area contributed by atoms with Crippen molar-refractivity contribution in [3.63, 3.8) is 0 Å². The summed E-state index contributed by atoms with van der Waals surface area (Å²) in [7, 11) is 1.82. The number of carbonyl (C=O) groups excluding carboxylic acids is 2. The van der Waals surface area contributed by atoms with Crippen LogP contribution in [0, 0.1) is 11.8 Å². The summed E-state index contributed by atoms with van der Waals surface area (Å²) in [5.74, 6) is -0.170. The molecule has 0 spiro atoms. The molecule has 2 amide bonds. The predicted octanol–water partition coefficient (Wildman–Crippen LogP) is 2.89. The highest BCUT2D eigenvalue weighted by Crippen LogP contribution is 2.39. The summed E-state index contributed by atoms with van der Waals surface area (Å²) in [6.45, 7) is 3.45. The van der Waals surface area contributed by atoms with Crippen molar-refractivity contribution >= 4 is 23.4 Å². The molecule has 5 heteroatoms. The molecule has 0 aromatic heterocycles. The Bertz CT molecular complexity index is 562. The first-order valence-corrected chi connectivity index (χ1v) is 8.68. The third-order valence-corrected chi connectivity index (χ3v) is 4.50. The van der Waals surface area contributed by atoms with Gasteiger partial charge < -0.3 is 10.2 Å². The molecule has 0 heterocycles. The quantitative estimate of drug-likeness (QED) is 0.793. The van der Waals surface area contributed by atoms with Gasteiger partial charge in [0, 0.05) is 25.2 Å². The van der Waals surface area contributed by atoms with Crippen LogP contribution >= 0.6 is 11.6 Å². The SMILES string of the molecule is CCCCN(C)C(=O)C1CC1C(=O)NCCc1cccc(Cl)c1. The average Bonchev–Trinajstić information content (AvgIpc) is 3.32. The number of rotatable bonds is 8. The van der Waals surface area contributed by atoms with Crippen molar-refractivity contribution in [3.8, 4) is 0 Å². The van der Waals surface area contributed by atoms with Gasteiger partial charge in [-0.25, -0.2) is 0 Å². The highest BCUT2D eigenvalue weighted by atomic mass is 35.5. The van der Waals surface area contributed by atoms with Crippen LogP contribution in [0.3, 0.4) is 0 Å². The van der Waals surface area contributed by atoms with E-state index in [1.807, 2.05) is 31.3 Å². The van der Waals surface area contributed by atoms with Crippen molar-refractivity contribution in [1.29, 1.82) is 0 Å². The van der Waals surface area contributed by atoms with Crippen LogP contribution in [0.25, 0.3) is 0 Å². The Morgan fingerprint density at radius 2 is 2.13 bits per heavy atom. The Kier molecular flexibility index (Phi) is 6.46. The highest BCUT2D eigenvalue weighted by Gasteiger charge is 2.48. The molecule has 1 fully saturated rings. The lowest BCUT2D eigenvalue weighted by atomic mass is 10.1. The number of carbonyl (C=O) groups is 2. The first-order chi connectivity index (χ1) is 11.0. The molecule has 1 aromatic rings. The van der Waals surface area contributed by atoms with Gasteiger partial charge in [0.15, 0.2) is 0 Å². The molecule has 1 aliphatic rings. The van der Waals surface area contributed by atoms with Gasteiger partial charge in [-0.3, -0.25) is 9.59 Å². The second-order valence-electron chi connectivity index (χ2n) is 6.23. The fourth-order valence-corrected chi connectivity index (χ4v) is 2.91. The molecule has 0 radical (unpaired) electrons. The van der Waals surface area contributed by atoms with Gasteiger partial charge in [-0.15, -0.1) is 0 Å². The number of hydrogen-bond acceptors (Lipinski definition) is 2. The summed E-state index contributed by atoms with van der Waals surface area (Å²) in [6.07, 6.45) is 3.49. The lowest BCUT2D eigenvalue weighted by Crippen LogP contribution is -2.32. The number of amides is 2. The lowest BCUT2D eigenvalue weighted by Gasteiger charge is -2.16. The molecule has 0 bridgehead atoms. The van der Waals surface area contributed by atoms with Crippen molar-refractivity contribution in [3.05, 3.63) is 34.9 Å². The molecule has 0 saturated heterocycles. The van der Waals surface area contributed by atoms with Gasteiger partial charge in [0.2, 0.25) is 11.8 Å². The van der Waals surface area contributed by atoms with Crippen LogP contribution in [-0.2, 0) is 16.0 Å². The Morgan fingerprint density at radius 1 is 1.35 bits per heavy atom. The Morgan fingerprint density at radius 3 is 2.83 bits per heavy atom. The Balaban J connectivity index is 1.70. The maximum absolute atomic E-state index is 12.2. The molecule has 1 aromatic carbocycles. The number of nitrogens with one attached hydrogen (secondary N) is 1. The molecule has 1 aliphatic carbocycles. The van der Waals surface area contributed by atoms with E-state index in [2.05, 4.69) is 12.2 Å². The minimum Gasteiger partial charge on any atom is -0.356 e. The second-order valence-corrected chi connectivity index (χ2v) is 6.67. The average molecular weight is 337 g/mol. The van der Waals surface area contributed by atoms with E-state index < -0.39 is 0 Å². The van der Waals surface area contributed by atoms with Crippen molar-refractivity contribution < 1.29 is 9.59 Å². The van der Waals surface area contributed by atoms with E-state index in [1.165, 1.54) is 0 Å². The zero-order valence-corrected chi connectivity index (χ0v) is 14.6. The maximum atomic E-state index is 12.2. The second kappa shape index (κ2) is 8.34.